The second-order valence-electron chi connectivity index (χ2n) is 5.35. The highest BCUT2D eigenvalue weighted by atomic mass is 32.2. The summed E-state index contributed by atoms with van der Waals surface area (Å²) < 4.78 is 14.0. The number of aromatic hydroxyl groups is 1. The van der Waals surface area contributed by atoms with E-state index in [1.165, 1.54) is 24.3 Å². The van der Waals surface area contributed by atoms with Gasteiger partial charge in [-0.05, 0) is 24.3 Å². The average Bonchev–Trinajstić information content (AvgIpc) is 2.86. The van der Waals surface area contributed by atoms with E-state index in [9.17, 15) is 19.1 Å². The maximum Gasteiger partial charge on any atom is 0.266 e. The van der Waals surface area contributed by atoms with Crippen LogP contribution < -0.4 is 5.32 Å². The zero-order valence-electron chi connectivity index (χ0n) is 13.3. The van der Waals surface area contributed by atoms with Crippen LogP contribution in [0.15, 0.2) is 53.4 Å². The van der Waals surface area contributed by atoms with Crippen LogP contribution in [0.2, 0.25) is 0 Å². The number of thioether (sulfide) groups is 1. The van der Waals surface area contributed by atoms with Crippen LogP contribution in [0.1, 0.15) is 5.56 Å². The molecule has 5 nitrogen and oxygen atoms in total. The minimum absolute atomic E-state index is 0.0781. The molecule has 0 bridgehead atoms. The molecule has 8 heteroatoms. The summed E-state index contributed by atoms with van der Waals surface area (Å²) in [6.07, 6.45) is 1.41. The van der Waals surface area contributed by atoms with E-state index >= 15 is 0 Å². The molecule has 1 aliphatic heterocycles. The summed E-state index contributed by atoms with van der Waals surface area (Å²) in [5.41, 5.74) is 0.511. The second-order valence-corrected chi connectivity index (χ2v) is 7.03. The van der Waals surface area contributed by atoms with Crippen LogP contribution in [-0.4, -0.2) is 32.7 Å². The average molecular weight is 388 g/mol. The molecule has 1 aliphatic rings. The van der Waals surface area contributed by atoms with Gasteiger partial charge < -0.3 is 10.4 Å². The van der Waals surface area contributed by atoms with Gasteiger partial charge in [-0.15, -0.1) is 0 Å². The fourth-order valence-corrected chi connectivity index (χ4v) is 3.53. The Labute approximate surface area is 158 Å². The van der Waals surface area contributed by atoms with Crippen LogP contribution in [0, 0.1) is 5.82 Å². The van der Waals surface area contributed by atoms with Gasteiger partial charge in [0.05, 0.1) is 10.6 Å². The highest BCUT2D eigenvalue weighted by Crippen LogP contribution is 2.33. The van der Waals surface area contributed by atoms with Crippen molar-refractivity contribution in [1.29, 1.82) is 0 Å². The number of phenols is 1. The number of amides is 2. The molecule has 2 N–H and O–H groups in total. The van der Waals surface area contributed by atoms with Crippen LogP contribution in [0.25, 0.3) is 6.08 Å². The van der Waals surface area contributed by atoms with Crippen molar-refractivity contribution in [3.63, 3.8) is 0 Å². The molecule has 0 saturated carbocycles. The Bertz CT molecular complexity index is 930. The topological polar surface area (TPSA) is 69.6 Å². The molecule has 1 saturated heterocycles. The lowest BCUT2D eigenvalue weighted by molar-refractivity contribution is -0.126. The third kappa shape index (κ3) is 3.92. The summed E-state index contributed by atoms with van der Waals surface area (Å²) in [7, 11) is 0. The van der Waals surface area contributed by atoms with Gasteiger partial charge in [-0.1, -0.05) is 54.3 Å². The fraction of sp³-hybridized carbons (Fsp3) is 0.0556. The van der Waals surface area contributed by atoms with Crippen molar-refractivity contribution < 1.29 is 19.1 Å². The lowest BCUT2D eigenvalue weighted by Gasteiger charge is -2.14. The van der Waals surface area contributed by atoms with Gasteiger partial charge in [-0.25, -0.2) is 4.39 Å². The summed E-state index contributed by atoms with van der Waals surface area (Å²) in [5.74, 6) is -1.49. The Kier molecular flexibility index (Phi) is 5.34. The van der Waals surface area contributed by atoms with Crippen molar-refractivity contribution in [2.45, 2.75) is 0 Å². The van der Waals surface area contributed by atoms with Gasteiger partial charge in [-0.2, -0.15) is 0 Å². The number of rotatable bonds is 4. The molecule has 0 unspecified atom stereocenters. The summed E-state index contributed by atoms with van der Waals surface area (Å²) in [5, 5.41) is 12.2. The number of carbonyl (C=O) groups excluding carboxylic acids is 2. The number of carbonyl (C=O) groups is 2. The minimum Gasteiger partial charge on any atom is -0.506 e. The first-order valence-electron chi connectivity index (χ1n) is 7.53. The van der Waals surface area contributed by atoms with Crippen LogP contribution in [0.4, 0.5) is 10.1 Å². The SMILES string of the molecule is O=C(CN1C(=O)/C(=C\c2ccccc2F)SC1=S)Nc1ccccc1O. The van der Waals surface area contributed by atoms with E-state index in [4.69, 9.17) is 12.2 Å². The first-order valence-corrected chi connectivity index (χ1v) is 8.76. The monoisotopic (exact) mass is 388 g/mol. The normalized spacial score (nSPS) is 15.6. The third-order valence-electron chi connectivity index (χ3n) is 3.55. The highest BCUT2D eigenvalue weighted by Gasteiger charge is 2.33. The summed E-state index contributed by atoms with van der Waals surface area (Å²) in [6.45, 7) is -0.298. The van der Waals surface area contributed by atoms with E-state index in [0.717, 1.165) is 16.7 Å². The smallest absolute Gasteiger partial charge is 0.266 e. The zero-order valence-corrected chi connectivity index (χ0v) is 14.9. The molecule has 0 aliphatic carbocycles. The number of halogens is 1. The molecule has 26 heavy (non-hydrogen) atoms. The molecule has 0 radical (unpaired) electrons. The van der Waals surface area contributed by atoms with Gasteiger partial charge in [0.25, 0.3) is 5.91 Å². The number of nitrogens with zero attached hydrogens (tertiary/aromatic N) is 1. The van der Waals surface area contributed by atoms with E-state index in [-0.39, 0.29) is 32.8 Å². The maximum atomic E-state index is 13.8. The van der Waals surface area contributed by atoms with Crippen molar-refractivity contribution in [2.75, 3.05) is 11.9 Å². The lowest BCUT2D eigenvalue weighted by Crippen LogP contribution is -2.36. The molecule has 0 spiro atoms. The van der Waals surface area contributed by atoms with E-state index in [1.54, 1.807) is 30.3 Å². The molecule has 2 aromatic carbocycles. The Morgan fingerprint density at radius 2 is 1.92 bits per heavy atom. The van der Waals surface area contributed by atoms with Gasteiger partial charge in [0.15, 0.2) is 0 Å². The molecule has 132 valence electrons. The van der Waals surface area contributed by atoms with Crippen LogP contribution >= 0.6 is 24.0 Å². The number of para-hydroxylation sites is 2. The zero-order chi connectivity index (χ0) is 18.7. The van der Waals surface area contributed by atoms with Crippen LogP contribution in [0.3, 0.4) is 0 Å². The first kappa shape index (κ1) is 18.1. The number of phenolic OH excluding ortho intramolecular Hbond substituents is 1. The second kappa shape index (κ2) is 7.67. The van der Waals surface area contributed by atoms with Crippen molar-refractivity contribution in [2.24, 2.45) is 0 Å². The predicted octanol–water partition coefficient (Wildman–Crippen LogP) is 3.37. The van der Waals surface area contributed by atoms with Gasteiger partial charge in [0.2, 0.25) is 5.91 Å². The Balaban J connectivity index is 1.72. The van der Waals surface area contributed by atoms with Crippen molar-refractivity contribution in [3.8, 4) is 5.75 Å². The van der Waals surface area contributed by atoms with Crippen molar-refractivity contribution in [1.82, 2.24) is 4.90 Å². The molecule has 3 rings (SSSR count). The van der Waals surface area contributed by atoms with E-state index in [2.05, 4.69) is 5.32 Å². The summed E-state index contributed by atoms with van der Waals surface area (Å²) in [6, 6.07) is 12.3. The van der Waals surface area contributed by atoms with Crippen LogP contribution in [-0.2, 0) is 9.59 Å². The quantitative estimate of drug-likeness (QED) is 0.477. The van der Waals surface area contributed by atoms with Crippen molar-refractivity contribution in [3.05, 3.63) is 64.8 Å². The molecule has 2 amide bonds. The van der Waals surface area contributed by atoms with E-state index < -0.39 is 17.6 Å². The number of thiocarbonyl (C=S) groups is 1. The number of hydrogen-bond donors (Lipinski definition) is 2. The van der Waals surface area contributed by atoms with Gasteiger partial charge in [-0.3, -0.25) is 14.5 Å². The van der Waals surface area contributed by atoms with Crippen molar-refractivity contribution >= 4 is 51.9 Å². The first-order chi connectivity index (χ1) is 12.5. The van der Waals surface area contributed by atoms with E-state index in [0.29, 0.717) is 0 Å². The maximum absolute atomic E-state index is 13.8. The Hall–Kier alpha value is -2.71. The standard InChI is InChI=1S/C18H13FN2O3S2/c19-12-6-2-1-5-11(12)9-15-17(24)21(18(25)26-15)10-16(23)20-13-7-3-4-8-14(13)22/h1-9,22H,10H2,(H,20,23)/b15-9+. The molecule has 1 heterocycles. The molecule has 0 aromatic heterocycles. The largest absolute Gasteiger partial charge is 0.506 e. The molecule has 1 fully saturated rings. The van der Waals surface area contributed by atoms with Gasteiger partial charge >= 0.3 is 0 Å². The van der Waals surface area contributed by atoms with E-state index in [1.807, 2.05) is 0 Å². The number of nitrogens with one attached hydrogen (secondary N) is 1. The third-order valence-corrected chi connectivity index (χ3v) is 4.92. The minimum atomic E-state index is -0.505. The molecular formula is C18H13FN2O3S2. The van der Waals surface area contributed by atoms with Crippen LogP contribution in [0.5, 0.6) is 5.75 Å². The lowest BCUT2D eigenvalue weighted by atomic mass is 10.2. The van der Waals surface area contributed by atoms with Gasteiger partial charge in [0, 0.05) is 5.56 Å². The number of benzene rings is 2. The number of anilines is 1. The predicted molar refractivity (Wildman–Crippen MR) is 103 cm³/mol. The summed E-state index contributed by atoms with van der Waals surface area (Å²) >= 11 is 6.17. The molecular weight excluding hydrogens is 375 g/mol. The highest BCUT2D eigenvalue weighted by molar-refractivity contribution is 8.26. The fourth-order valence-electron chi connectivity index (χ4n) is 2.28. The molecule has 0 atom stereocenters. The Morgan fingerprint density at radius 1 is 1.23 bits per heavy atom. The summed E-state index contributed by atoms with van der Waals surface area (Å²) in [4.78, 5) is 26.0. The van der Waals surface area contributed by atoms with Gasteiger partial charge in [0.1, 0.15) is 22.4 Å². The number of hydrogen-bond acceptors (Lipinski definition) is 5. The Morgan fingerprint density at radius 3 is 2.65 bits per heavy atom. The molecule has 2 aromatic rings.